The Morgan fingerprint density at radius 1 is 1.03 bits per heavy atom. The van der Waals surface area contributed by atoms with Crippen LogP contribution in [0.25, 0.3) is 17.4 Å². The van der Waals surface area contributed by atoms with Crippen LogP contribution >= 0.6 is 23.4 Å². The van der Waals surface area contributed by atoms with E-state index < -0.39 is 0 Å². The number of imide groups is 1. The Balaban J connectivity index is 1.44. The first kappa shape index (κ1) is 22.2. The van der Waals surface area contributed by atoms with Gasteiger partial charge in [-0.2, -0.15) is 0 Å². The number of nitrogens with zero attached hydrogens (tertiary/aromatic N) is 1. The van der Waals surface area contributed by atoms with Crippen LogP contribution in [0.1, 0.15) is 22.5 Å². The van der Waals surface area contributed by atoms with Gasteiger partial charge in [0.2, 0.25) is 0 Å². The Morgan fingerprint density at radius 3 is 2.62 bits per heavy atom. The monoisotopic (exact) mass is 467 g/mol. The summed E-state index contributed by atoms with van der Waals surface area (Å²) in [6.07, 6.45) is 1.60. The SMILES string of the molecule is Cc1ccc(C)c(OCCN2C(=O)S/C(=C\c3ccc(-c4cc(Cl)ccc4C)o3)C2=O)c1. The van der Waals surface area contributed by atoms with Gasteiger partial charge in [0.15, 0.2) is 0 Å². The van der Waals surface area contributed by atoms with Crippen LogP contribution in [-0.4, -0.2) is 29.2 Å². The zero-order chi connectivity index (χ0) is 22.8. The van der Waals surface area contributed by atoms with E-state index in [9.17, 15) is 9.59 Å². The Labute approximate surface area is 196 Å². The summed E-state index contributed by atoms with van der Waals surface area (Å²) in [6, 6.07) is 15.1. The van der Waals surface area contributed by atoms with Crippen LogP contribution < -0.4 is 4.74 Å². The van der Waals surface area contributed by atoms with Crippen molar-refractivity contribution in [2.24, 2.45) is 0 Å². The van der Waals surface area contributed by atoms with Crippen molar-refractivity contribution in [3.05, 3.63) is 80.9 Å². The van der Waals surface area contributed by atoms with Crippen molar-refractivity contribution in [3.63, 3.8) is 0 Å². The van der Waals surface area contributed by atoms with Gasteiger partial charge in [0.05, 0.1) is 11.4 Å². The van der Waals surface area contributed by atoms with Gasteiger partial charge >= 0.3 is 0 Å². The average Bonchev–Trinajstić information content (AvgIpc) is 3.32. The molecule has 0 unspecified atom stereocenters. The zero-order valence-electron chi connectivity index (χ0n) is 18.0. The van der Waals surface area contributed by atoms with Gasteiger partial charge in [-0.25, -0.2) is 0 Å². The summed E-state index contributed by atoms with van der Waals surface area (Å²) in [4.78, 5) is 26.7. The number of ether oxygens (including phenoxy) is 1. The first-order valence-corrected chi connectivity index (χ1v) is 11.3. The van der Waals surface area contributed by atoms with Gasteiger partial charge in [-0.05, 0) is 79.6 Å². The van der Waals surface area contributed by atoms with E-state index in [1.807, 2.05) is 63.2 Å². The lowest BCUT2D eigenvalue weighted by Gasteiger charge is -2.14. The molecule has 0 N–H and O–H groups in total. The normalized spacial score (nSPS) is 15.1. The third-order valence-corrected chi connectivity index (χ3v) is 6.30. The molecule has 1 aromatic heterocycles. The third kappa shape index (κ3) is 4.76. The summed E-state index contributed by atoms with van der Waals surface area (Å²) in [7, 11) is 0. The maximum Gasteiger partial charge on any atom is 0.293 e. The largest absolute Gasteiger partial charge is 0.491 e. The minimum atomic E-state index is -0.346. The molecule has 0 spiro atoms. The summed E-state index contributed by atoms with van der Waals surface area (Å²) in [6.45, 7) is 6.33. The predicted molar refractivity (Wildman–Crippen MR) is 128 cm³/mol. The smallest absolute Gasteiger partial charge is 0.293 e. The molecule has 164 valence electrons. The first-order chi connectivity index (χ1) is 15.3. The molecule has 2 aromatic carbocycles. The van der Waals surface area contributed by atoms with E-state index in [1.165, 1.54) is 4.90 Å². The molecule has 1 aliphatic heterocycles. The highest BCUT2D eigenvalue weighted by molar-refractivity contribution is 8.18. The van der Waals surface area contributed by atoms with E-state index >= 15 is 0 Å². The van der Waals surface area contributed by atoms with Crippen LogP contribution in [0.4, 0.5) is 4.79 Å². The molecule has 1 saturated heterocycles. The lowest BCUT2D eigenvalue weighted by atomic mass is 10.1. The molecular formula is C25H22ClNO4S. The summed E-state index contributed by atoms with van der Waals surface area (Å²) >= 11 is 7.01. The van der Waals surface area contributed by atoms with Crippen molar-refractivity contribution in [1.29, 1.82) is 0 Å². The minimum absolute atomic E-state index is 0.181. The molecule has 2 heterocycles. The number of carbonyl (C=O) groups excluding carboxylic acids is 2. The van der Waals surface area contributed by atoms with Crippen molar-refractivity contribution >= 4 is 40.6 Å². The van der Waals surface area contributed by atoms with Gasteiger partial charge in [0, 0.05) is 16.7 Å². The molecule has 3 aromatic rings. The number of hydrogen-bond donors (Lipinski definition) is 0. The van der Waals surface area contributed by atoms with Gasteiger partial charge in [0.1, 0.15) is 23.9 Å². The second-order valence-electron chi connectivity index (χ2n) is 7.61. The lowest BCUT2D eigenvalue weighted by Crippen LogP contribution is -2.32. The maximum atomic E-state index is 12.8. The molecule has 5 nitrogen and oxygen atoms in total. The van der Waals surface area contributed by atoms with Crippen LogP contribution in [0.2, 0.25) is 5.02 Å². The molecule has 7 heteroatoms. The van der Waals surface area contributed by atoms with E-state index in [-0.39, 0.29) is 24.3 Å². The second kappa shape index (κ2) is 9.27. The molecule has 0 atom stereocenters. The third-order valence-electron chi connectivity index (χ3n) is 5.15. The van der Waals surface area contributed by atoms with E-state index in [4.69, 9.17) is 20.8 Å². The number of furan rings is 1. The average molecular weight is 468 g/mol. The summed E-state index contributed by atoms with van der Waals surface area (Å²) in [5.74, 6) is 1.56. The predicted octanol–water partition coefficient (Wildman–Crippen LogP) is 6.64. The number of carbonyl (C=O) groups is 2. The minimum Gasteiger partial charge on any atom is -0.491 e. The number of amides is 2. The fourth-order valence-electron chi connectivity index (χ4n) is 3.37. The Kier molecular flexibility index (Phi) is 6.44. The van der Waals surface area contributed by atoms with Crippen LogP contribution in [0.3, 0.4) is 0 Å². The fourth-order valence-corrected chi connectivity index (χ4v) is 4.38. The van der Waals surface area contributed by atoms with Crippen LogP contribution in [0, 0.1) is 20.8 Å². The highest BCUT2D eigenvalue weighted by atomic mass is 35.5. The molecule has 2 amide bonds. The quantitative estimate of drug-likeness (QED) is 0.380. The van der Waals surface area contributed by atoms with Gasteiger partial charge in [-0.3, -0.25) is 14.5 Å². The number of benzene rings is 2. The van der Waals surface area contributed by atoms with Crippen LogP contribution in [0.5, 0.6) is 5.75 Å². The molecule has 0 saturated carbocycles. The standard InChI is InChI=1S/C25H22ClNO4S/c1-15-4-5-17(3)22(12-15)30-11-10-27-24(28)23(32-25(27)29)14-19-8-9-21(31-19)20-13-18(26)7-6-16(20)2/h4-9,12-14H,10-11H2,1-3H3/b23-14-. The molecule has 1 fully saturated rings. The summed E-state index contributed by atoms with van der Waals surface area (Å²) in [5.41, 5.74) is 4.01. The van der Waals surface area contributed by atoms with Gasteiger partial charge in [-0.1, -0.05) is 29.8 Å². The van der Waals surface area contributed by atoms with E-state index in [2.05, 4.69) is 0 Å². The summed E-state index contributed by atoms with van der Waals surface area (Å²) in [5, 5.41) is 0.302. The number of aryl methyl sites for hydroxylation is 3. The molecular weight excluding hydrogens is 446 g/mol. The second-order valence-corrected chi connectivity index (χ2v) is 9.04. The Bertz CT molecular complexity index is 1230. The van der Waals surface area contributed by atoms with E-state index in [0.717, 1.165) is 39.8 Å². The van der Waals surface area contributed by atoms with Gasteiger partial charge < -0.3 is 9.15 Å². The highest BCUT2D eigenvalue weighted by Crippen LogP contribution is 2.34. The molecule has 4 rings (SSSR count). The number of rotatable bonds is 6. The molecule has 0 aliphatic carbocycles. The Morgan fingerprint density at radius 2 is 1.81 bits per heavy atom. The van der Waals surface area contributed by atoms with Crippen molar-refractivity contribution in [1.82, 2.24) is 4.90 Å². The van der Waals surface area contributed by atoms with Crippen molar-refractivity contribution in [3.8, 4) is 17.1 Å². The number of thioether (sulfide) groups is 1. The molecule has 1 aliphatic rings. The lowest BCUT2D eigenvalue weighted by molar-refractivity contribution is -0.123. The topological polar surface area (TPSA) is 59.8 Å². The van der Waals surface area contributed by atoms with Gasteiger partial charge in [0.25, 0.3) is 11.1 Å². The zero-order valence-corrected chi connectivity index (χ0v) is 19.5. The van der Waals surface area contributed by atoms with Crippen LogP contribution in [0.15, 0.2) is 57.9 Å². The summed E-state index contributed by atoms with van der Waals surface area (Å²) < 4.78 is 11.7. The first-order valence-electron chi connectivity index (χ1n) is 10.1. The van der Waals surface area contributed by atoms with E-state index in [0.29, 0.717) is 21.4 Å². The molecule has 0 radical (unpaired) electrons. The fraction of sp³-hybridized carbons (Fsp3) is 0.200. The van der Waals surface area contributed by atoms with Gasteiger partial charge in [-0.15, -0.1) is 0 Å². The van der Waals surface area contributed by atoms with E-state index in [1.54, 1.807) is 12.1 Å². The number of hydrogen-bond acceptors (Lipinski definition) is 5. The number of halogens is 1. The van der Waals surface area contributed by atoms with Crippen molar-refractivity contribution in [2.75, 3.05) is 13.2 Å². The highest BCUT2D eigenvalue weighted by Gasteiger charge is 2.35. The van der Waals surface area contributed by atoms with Crippen molar-refractivity contribution < 1.29 is 18.7 Å². The van der Waals surface area contributed by atoms with Crippen LogP contribution in [-0.2, 0) is 4.79 Å². The van der Waals surface area contributed by atoms with Crippen molar-refractivity contribution in [2.45, 2.75) is 20.8 Å². The maximum absolute atomic E-state index is 12.8. The molecule has 0 bridgehead atoms. The molecule has 32 heavy (non-hydrogen) atoms. The Hall–Kier alpha value is -2.96.